The summed E-state index contributed by atoms with van der Waals surface area (Å²) < 4.78 is 0. The van der Waals surface area contributed by atoms with Gasteiger partial charge in [-0.05, 0) is 47.9 Å². The Balaban J connectivity index is 1.37. The minimum atomic E-state index is -0.0614. The Bertz CT molecular complexity index is 912. The average Bonchev–Trinajstić information content (AvgIpc) is 3.38. The lowest BCUT2D eigenvalue weighted by Crippen LogP contribution is -2.58. The first kappa shape index (κ1) is 23.5. The Kier molecular flexibility index (Phi) is 7.81. The summed E-state index contributed by atoms with van der Waals surface area (Å²) in [5.74, 6) is 1.13. The fourth-order valence-electron chi connectivity index (χ4n) is 5.18. The van der Waals surface area contributed by atoms with Crippen LogP contribution in [0.25, 0.3) is 11.1 Å². The fraction of sp³-hybridized carbons (Fsp3) is 0.500. The van der Waals surface area contributed by atoms with E-state index in [1.165, 1.54) is 12.8 Å². The monoisotopic (exact) mass is 447 g/mol. The van der Waals surface area contributed by atoms with Crippen LogP contribution in [0.5, 0.6) is 0 Å². The van der Waals surface area contributed by atoms with Gasteiger partial charge < -0.3 is 10.2 Å². The lowest BCUT2D eigenvalue weighted by molar-refractivity contribution is -0.129. The molecule has 1 N–H and O–H groups in total. The number of nitrogens with zero attached hydrogens (tertiary/aromatic N) is 2. The largest absolute Gasteiger partial charge is 0.354 e. The van der Waals surface area contributed by atoms with Crippen molar-refractivity contribution in [3.8, 4) is 11.1 Å². The summed E-state index contributed by atoms with van der Waals surface area (Å²) in [5.41, 5.74) is 2.99. The zero-order valence-corrected chi connectivity index (χ0v) is 20.0. The maximum atomic E-state index is 13.1. The molecule has 0 bridgehead atoms. The molecule has 1 saturated heterocycles. The highest BCUT2D eigenvalue weighted by atomic mass is 16.2. The van der Waals surface area contributed by atoms with Crippen molar-refractivity contribution >= 4 is 11.8 Å². The van der Waals surface area contributed by atoms with Gasteiger partial charge >= 0.3 is 0 Å². The minimum absolute atomic E-state index is 0.0614. The molecule has 176 valence electrons. The molecule has 1 heterocycles. The van der Waals surface area contributed by atoms with Crippen LogP contribution in [-0.2, 0) is 4.79 Å². The van der Waals surface area contributed by atoms with Gasteiger partial charge in [-0.3, -0.25) is 14.5 Å². The third-order valence-electron chi connectivity index (χ3n) is 7.03. The van der Waals surface area contributed by atoms with E-state index in [0.29, 0.717) is 24.9 Å². The quantitative estimate of drug-likeness (QED) is 0.683. The van der Waals surface area contributed by atoms with E-state index in [4.69, 9.17) is 0 Å². The number of amides is 2. The van der Waals surface area contributed by atoms with E-state index in [-0.39, 0.29) is 17.9 Å². The average molecular weight is 448 g/mol. The molecule has 2 amide bonds. The van der Waals surface area contributed by atoms with E-state index in [1.54, 1.807) is 0 Å². The molecular weight excluding hydrogens is 410 g/mol. The molecule has 5 heteroatoms. The Hall–Kier alpha value is -2.66. The molecule has 2 aliphatic rings. The number of carbonyl (C=O) groups is 2. The third kappa shape index (κ3) is 5.83. The Morgan fingerprint density at radius 2 is 1.48 bits per heavy atom. The molecule has 2 aromatic carbocycles. The number of benzene rings is 2. The van der Waals surface area contributed by atoms with Crippen molar-refractivity contribution in [1.29, 1.82) is 0 Å². The first-order valence-corrected chi connectivity index (χ1v) is 12.5. The van der Waals surface area contributed by atoms with Crippen LogP contribution in [-0.4, -0.2) is 60.4 Å². The van der Waals surface area contributed by atoms with Crippen molar-refractivity contribution in [3.05, 3.63) is 60.2 Å². The summed E-state index contributed by atoms with van der Waals surface area (Å²) in [7, 11) is 0. The zero-order chi connectivity index (χ0) is 23.2. The Morgan fingerprint density at radius 1 is 0.879 bits per heavy atom. The lowest BCUT2D eigenvalue weighted by atomic mass is 9.94. The predicted molar refractivity (Wildman–Crippen MR) is 133 cm³/mol. The zero-order valence-electron chi connectivity index (χ0n) is 20.0. The van der Waals surface area contributed by atoms with E-state index in [9.17, 15) is 9.59 Å². The van der Waals surface area contributed by atoms with Crippen LogP contribution in [0.3, 0.4) is 0 Å². The molecule has 1 aliphatic carbocycles. The van der Waals surface area contributed by atoms with Crippen LogP contribution < -0.4 is 5.32 Å². The molecule has 2 fully saturated rings. The van der Waals surface area contributed by atoms with Crippen molar-refractivity contribution < 1.29 is 9.59 Å². The third-order valence-corrected chi connectivity index (χ3v) is 7.03. The molecule has 2 aromatic rings. The van der Waals surface area contributed by atoms with Crippen molar-refractivity contribution in [3.63, 3.8) is 0 Å². The van der Waals surface area contributed by atoms with Gasteiger partial charge in [-0.15, -0.1) is 0 Å². The molecule has 1 atom stereocenters. The van der Waals surface area contributed by atoms with E-state index in [1.807, 2.05) is 47.4 Å². The number of carbonyl (C=O) groups excluding carboxylic acids is 2. The number of hydrogen-bond donors (Lipinski definition) is 1. The van der Waals surface area contributed by atoms with Gasteiger partial charge in [0.1, 0.15) is 0 Å². The molecule has 4 rings (SSSR count). The summed E-state index contributed by atoms with van der Waals surface area (Å²) in [4.78, 5) is 30.5. The number of nitrogens with one attached hydrogen (secondary N) is 1. The highest BCUT2D eigenvalue weighted by Gasteiger charge is 2.37. The standard InChI is InChI=1S/C28H37N3O2/c1-21(2)20-29-27(32)26(24-10-6-7-11-24)30-16-18-31(19-17-30)28(33)25-14-12-23(13-15-25)22-8-4-3-5-9-22/h3-5,8-9,12-15,21,24,26H,6-7,10-11,16-20H2,1-2H3,(H,29,32)/t26-/m0/s1. The lowest BCUT2D eigenvalue weighted by Gasteiger charge is -2.41. The molecule has 5 nitrogen and oxygen atoms in total. The van der Waals surface area contributed by atoms with Crippen LogP contribution in [0.1, 0.15) is 49.9 Å². The summed E-state index contributed by atoms with van der Waals surface area (Å²) in [6.07, 6.45) is 4.70. The summed E-state index contributed by atoms with van der Waals surface area (Å²) in [5, 5.41) is 3.17. The number of piperazine rings is 1. The summed E-state index contributed by atoms with van der Waals surface area (Å²) in [6.45, 7) is 7.82. The second-order valence-electron chi connectivity index (χ2n) is 9.90. The van der Waals surface area contributed by atoms with Gasteiger partial charge in [-0.2, -0.15) is 0 Å². The van der Waals surface area contributed by atoms with Crippen molar-refractivity contribution in [2.75, 3.05) is 32.7 Å². The fourth-order valence-corrected chi connectivity index (χ4v) is 5.18. The second-order valence-corrected chi connectivity index (χ2v) is 9.90. The van der Waals surface area contributed by atoms with Crippen LogP contribution in [0.4, 0.5) is 0 Å². The van der Waals surface area contributed by atoms with Gasteiger partial charge in [0.15, 0.2) is 0 Å². The normalized spacial score (nSPS) is 18.5. The van der Waals surface area contributed by atoms with Gasteiger partial charge in [0, 0.05) is 38.3 Å². The SMILES string of the molecule is CC(C)CNC(=O)[C@H](C1CCCC1)N1CCN(C(=O)c2ccc(-c3ccccc3)cc2)CC1. The first-order chi connectivity index (χ1) is 16.0. The topological polar surface area (TPSA) is 52.7 Å². The van der Waals surface area contributed by atoms with Crippen LogP contribution >= 0.6 is 0 Å². The molecular formula is C28H37N3O2. The first-order valence-electron chi connectivity index (χ1n) is 12.5. The van der Waals surface area contributed by atoms with E-state index in [0.717, 1.165) is 49.2 Å². The van der Waals surface area contributed by atoms with Gasteiger partial charge in [-0.25, -0.2) is 0 Å². The molecule has 0 radical (unpaired) electrons. The van der Waals surface area contributed by atoms with Gasteiger partial charge in [0.25, 0.3) is 5.91 Å². The maximum absolute atomic E-state index is 13.1. The highest BCUT2D eigenvalue weighted by Crippen LogP contribution is 2.31. The summed E-state index contributed by atoms with van der Waals surface area (Å²) in [6, 6.07) is 18.0. The number of hydrogen-bond acceptors (Lipinski definition) is 3. The smallest absolute Gasteiger partial charge is 0.253 e. The van der Waals surface area contributed by atoms with Crippen molar-refractivity contribution in [1.82, 2.24) is 15.1 Å². The van der Waals surface area contributed by atoms with Crippen LogP contribution in [0.15, 0.2) is 54.6 Å². The van der Waals surface area contributed by atoms with Gasteiger partial charge in [0.2, 0.25) is 5.91 Å². The predicted octanol–water partition coefficient (Wildman–Crippen LogP) is 4.44. The van der Waals surface area contributed by atoms with Crippen molar-refractivity contribution in [2.45, 2.75) is 45.6 Å². The molecule has 1 aliphatic heterocycles. The van der Waals surface area contributed by atoms with E-state index >= 15 is 0 Å². The molecule has 0 aromatic heterocycles. The maximum Gasteiger partial charge on any atom is 0.253 e. The van der Waals surface area contributed by atoms with Crippen molar-refractivity contribution in [2.24, 2.45) is 11.8 Å². The molecule has 0 unspecified atom stereocenters. The molecule has 0 spiro atoms. The molecule has 1 saturated carbocycles. The minimum Gasteiger partial charge on any atom is -0.354 e. The summed E-state index contributed by atoms with van der Waals surface area (Å²) >= 11 is 0. The van der Waals surface area contributed by atoms with Crippen LogP contribution in [0.2, 0.25) is 0 Å². The van der Waals surface area contributed by atoms with E-state index < -0.39 is 0 Å². The van der Waals surface area contributed by atoms with Gasteiger partial charge in [-0.1, -0.05) is 69.2 Å². The van der Waals surface area contributed by atoms with Gasteiger partial charge in [0.05, 0.1) is 6.04 Å². The molecule has 33 heavy (non-hydrogen) atoms. The van der Waals surface area contributed by atoms with Crippen LogP contribution in [0, 0.1) is 11.8 Å². The van der Waals surface area contributed by atoms with E-state index in [2.05, 4.69) is 36.2 Å². The Labute approximate surface area is 198 Å². The second kappa shape index (κ2) is 11.0. The number of rotatable bonds is 7. The Morgan fingerprint density at radius 3 is 2.09 bits per heavy atom. The highest BCUT2D eigenvalue weighted by molar-refractivity contribution is 5.94.